The third kappa shape index (κ3) is 5.53. The summed E-state index contributed by atoms with van der Waals surface area (Å²) in [5, 5.41) is 6.68. The third-order valence-electron chi connectivity index (χ3n) is 4.69. The summed E-state index contributed by atoms with van der Waals surface area (Å²) in [6.07, 6.45) is 6.61. The van der Waals surface area contributed by atoms with Crippen molar-refractivity contribution in [2.24, 2.45) is 4.99 Å². The minimum atomic E-state index is 0. The standard InChI is InChI=1S/C16H32N4O.HI/c1-3-17-15(18-4-2)19-14-16(8-6-5-7-9-16)20-10-12-21-13-11-20;/h3-14H2,1-2H3,(H2,17,18,19);1H. The number of hydrogen-bond acceptors (Lipinski definition) is 3. The molecule has 0 bridgehead atoms. The Labute approximate surface area is 152 Å². The van der Waals surface area contributed by atoms with Crippen LogP contribution < -0.4 is 10.6 Å². The molecule has 2 fully saturated rings. The van der Waals surface area contributed by atoms with Crippen LogP contribution in [0, 0.1) is 0 Å². The van der Waals surface area contributed by atoms with E-state index in [0.717, 1.165) is 51.9 Å². The van der Waals surface area contributed by atoms with Gasteiger partial charge in [-0.15, -0.1) is 24.0 Å². The number of morpholine rings is 1. The summed E-state index contributed by atoms with van der Waals surface area (Å²) in [5.74, 6) is 0.957. The van der Waals surface area contributed by atoms with Gasteiger partial charge >= 0.3 is 0 Å². The molecular weight excluding hydrogens is 391 g/mol. The van der Waals surface area contributed by atoms with E-state index in [-0.39, 0.29) is 29.5 Å². The Kier molecular flexibility index (Phi) is 9.66. The smallest absolute Gasteiger partial charge is 0.191 e. The van der Waals surface area contributed by atoms with Gasteiger partial charge in [0.2, 0.25) is 0 Å². The maximum atomic E-state index is 5.54. The fourth-order valence-corrected chi connectivity index (χ4v) is 3.56. The Morgan fingerprint density at radius 1 is 1.05 bits per heavy atom. The molecular formula is C16H33IN4O. The molecule has 0 aromatic rings. The molecule has 6 heteroatoms. The van der Waals surface area contributed by atoms with E-state index in [1.54, 1.807) is 0 Å². The Morgan fingerprint density at radius 2 is 1.64 bits per heavy atom. The topological polar surface area (TPSA) is 48.9 Å². The van der Waals surface area contributed by atoms with E-state index in [1.165, 1.54) is 32.1 Å². The molecule has 1 saturated carbocycles. The SMILES string of the molecule is CCNC(=NCC1(N2CCOCC2)CCCCC1)NCC.I. The Bertz CT molecular complexity index is 318. The fourth-order valence-electron chi connectivity index (χ4n) is 3.56. The van der Waals surface area contributed by atoms with Crippen molar-refractivity contribution in [1.29, 1.82) is 0 Å². The second-order valence-electron chi connectivity index (χ2n) is 6.11. The van der Waals surface area contributed by atoms with Gasteiger partial charge in [-0.3, -0.25) is 9.89 Å². The lowest BCUT2D eigenvalue weighted by Gasteiger charge is -2.47. The van der Waals surface area contributed by atoms with Crippen LogP contribution in [0.4, 0.5) is 0 Å². The van der Waals surface area contributed by atoms with Crippen molar-refractivity contribution < 1.29 is 4.74 Å². The number of guanidine groups is 1. The number of hydrogen-bond donors (Lipinski definition) is 2. The van der Waals surface area contributed by atoms with Gasteiger partial charge < -0.3 is 15.4 Å². The van der Waals surface area contributed by atoms with Gasteiger partial charge in [-0.1, -0.05) is 19.3 Å². The van der Waals surface area contributed by atoms with E-state index < -0.39 is 0 Å². The molecule has 1 aliphatic heterocycles. The highest BCUT2D eigenvalue weighted by Crippen LogP contribution is 2.34. The zero-order valence-electron chi connectivity index (χ0n) is 14.2. The number of rotatable bonds is 5. The molecule has 1 saturated heterocycles. The highest BCUT2D eigenvalue weighted by Gasteiger charge is 2.38. The van der Waals surface area contributed by atoms with E-state index in [0.29, 0.717) is 0 Å². The second kappa shape index (κ2) is 10.6. The summed E-state index contributed by atoms with van der Waals surface area (Å²) in [6.45, 7) is 10.8. The molecule has 2 aliphatic rings. The second-order valence-corrected chi connectivity index (χ2v) is 6.11. The van der Waals surface area contributed by atoms with Crippen molar-refractivity contribution in [3.05, 3.63) is 0 Å². The van der Waals surface area contributed by atoms with E-state index >= 15 is 0 Å². The summed E-state index contributed by atoms with van der Waals surface area (Å²) >= 11 is 0. The lowest BCUT2D eigenvalue weighted by molar-refractivity contribution is -0.0333. The molecule has 2 N–H and O–H groups in total. The summed E-state index contributed by atoms with van der Waals surface area (Å²) in [4.78, 5) is 7.53. The molecule has 0 unspecified atom stereocenters. The number of nitrogens with one attached hydrogen (secondary N) is 2. The molecule has 5 nitrogen and oxygen atoms in total. The monoisotopic (exact) mass is 424 g/mol. The van der Waals surface area contributed by atoms with Gasteiger partial charge in [0, 0.05) is 31.7 Å². The van der Waals surface area contributed by atoms with Crippen LogP contribution in [0.2, 0.25) is 0 Å². The molecule has 0 aromatic carbocycles. The van der Waals surface area contributed by atoms with E-state index in [4.69, 9.17) is 9.73 Å². The number of halogens is 1. The molecule has 2 rings (SSSR count). The molecule has 0 atom stereocenters. The molecule has 130 valence electrons. The zero-order chi connectivity index (χ0) is 15.0. The Morgan fingerprint density at radius 3 is 2.18 bits per heavy atom. The van der Waals surface area contributed by atoms with Gasteiger partial charge in [-0.25, -0.2) is 0 Å². The molecule has 1 aliphatic carbocycles. The lowest BCUT2D eigenvalue weighted by Crippen LogP contribution is -2.56. The van der Waals surface area contributed by atoms with E-state index in [2.05, 4.69) is 29.4 Å². The van der Waals surface area contributed by atoms with Gasteiger partial charge in [0.15, 0.2) is 5.96 Å². The maximum absolute atomic E-state index is 5.54. The van der Waals surface area contributed by atoms with Crippen LogP contribution in [0.1, 0.15) is 46.0 Å². The number of aliphatic imine (C=N–C) groups is 1. The van der Waals surface area contributed by atoms with Crippen LogP contribution in [-0.2, 0) is 4.74 Å². The fraction of sp³-hybridized carbons (Fsp3) is 0.938. The van der Waals surface area contributed by atoms with Crippen molar-refractivity contribution in [1.82, 2.24) is 15.5 Å². The van der Waals surface area contributed by atoms with Crippen LogP contribution in [0.25, 0.3) is 0 Å². The largest absolute Gasteiger partial charge is 0.379 e. The normalized spacial score (nSPS) is 21.5. The quantitative estimate of drug-likeness (QED) is 0.404. The predicted octanol–water partition coefficient (Wildman–Crippen LogP) is 2.21. The van der Waals surface area contributed by atoms with Crippen molar-refractivity contribution in [2.75, 3.05) is 45.9 Å². The van der Waals surface area contributed by atoms with Crippen LogP contribution in [0.3, 0.4) is 0 Å². The summed E-state index contributed by atoms with van der Waals surface area (Å²) in [5.41, 5.74) is 0.262. The van der Waals surface area contributed by atoms with Crippen molar-refractivity contribution in [3.63, 3.8) is 0 Å². The van der Waals surface area contributed by atoms with Gasteiger partial charge in [0.05, 0.1) is 19.8 Å². The first-order valence-corrected chi connectivity index (χ1v) is 8.66. The zero-order valence-corrected chi connectivity index (χ0v) is 16.5. The van der Waals surface area contributed by atoms with Gasteiger partial charge in [0.25, 0.3) is 0 Å². The molecule has 0 aromatic heterocycles. The van der Waals surface area contributed by atoms with Gasteiger partial charge in [-0.2, -0.15) is 0 Å². The third-order valence-corrected chi connectivity index (χ3v) is 4.69. The predicted molar refractivity (Wildman–Crippen MR) is 103 cm³/mol. The van der Waals surface area contributed by atoms with Crippen molar-refractivity contribution in [3.8, 4) is 0 Å². The molecule has 22 heavy (non-hydrogen) atoms. The van der Waals surface area contributed by atoms with E-state index in [9.17, 15) is 0 Å². The minimum Gasteiger partial charge on any atom is -0.379 e. The Hall–Kier alpha value is -0.0800. The Balaban J connectivity index is 0.00000242. The maximum Gasteiger partial charge on any atom is 0.191 e. The molecule has 0 spiro atoms. The van der Waals surface area contributed by atoms with Gasteiger partial charge in [0.1, 0.15) is 0 Å². The summed E-state index contributed by atoms with van der Waals surface area (Å²) < 4.78 is 5.54. The van der Waals surface area contributed by atoms with Crippen molar-refractivity contribution in [2.45, 2.75) is 51.5 Å². The first kappa shape index (κ1) is 20.0. The average molecular weight is 424 g/mol. The van der Waals surface area contributed by atoms with E-state index in [1.807, 2.05) is 0 Å². The first-order chi connectivity index (χ1) is 10.3. The molecule has 1 heterocycles. The van der Waals surface area contributed by atoms with Crippen LogP contribution in [0.15, 0.2) is 4.99 Å². The minimum absolute atomic E-state index is 0. The van der Waals surface area contributed by atoms with Crippen LogP contribution in [0.5, 0.6) is 0 Å². The highest BCUT2D eigenvalue weighted by atomic mass is 127. The lowest BCUT2D eigenvalue weighted by atomic mass is 9.80. The number of nitrogens with zero attached hydrogens (tertiary/aromatic N) is 2. The van der Waals surface area contributed by atoms with Crippen LogP contribution >= 0.6 is 24.0 Å². The van der Waals surface area contributed by atoms with Crippen LogP contribution in [-0.4, -0.2) is 62.3 Å². The number of ether oxygens (including phenoxy) is 1. The molecule has 0 radical (unpaired) electrons. The van der Waals surface area contributed by atoms with Crippen molar-refractivity contribution >= 4 is 29.9 Å². The average Bonchev–Trinajstić information content (AvgIpc) is 2.55. The first-order valence-electron chi connectivity index (χ1n) is 8.66. The summed E-state index contributed by atoms with van der Waals surface area (Å²) in [7, 11) is 0. The summed E-state index contributed by atoms with van der Waals surface area (Å²) in [6, 6.07) is 0. The highest BCUT2D eigenvalue weighted by molar-refractivity contribution is 14.0. The molecule has 0 amide bonds. The van der Waals surface area contributed by atoms with Gasteiger partial charge in [-0.05, 0) is 26.7 Å².